The van der Waals surface area contributed by atoms with Crippen molar-refractivity contribution in [2.24, 2.45) is 5.92 Å². The number of piperidine rings is 2. The first-order chi connectivity index (χ1) is 13.2. The lowest BCUT2D eigenvalue weighted by Gasteiger charge is -2.42. The summed E-state index contributed by atoms with van der Waals surface area (Å²) in [5.41, 5.74) is 0. The minimum atomic E-state index is 0.0483. The highest BCUT2D eigenvalue weighted by molar-refractivity contribution is 5.79. The summed E-state index contributed by atoms with van der Waals surface area (Å²) in [4.78, 5) is 32.9. The fourth-order valence-electron chi connectivity index (χ4n) is 4.70. The molecule has 9 heteroatoms. The number of tetrazole rings is 1. The molecule has 0 bridgehead atoms. The monoisotopic (exact) mass is 375 g/mol. The maximum Gasteiger partial charge on any atom is 0.246 e. The smallest absolute Gasteiger partial charge is 0.246 e. The van der Waals surface area contributed by atoms with Crippen molar-refractivity contribution in [2.45, 2.75) is 51.1 Å². The summed E-state index contributed by atoms with van der Waals surface area (Å²) >= 11 is 0. The van der Waals surface area contributed by atoms with E-state index in [1.807, 2.05) is 4.90 Å². The Morgan fingerprint density at radius 2 is 1.70 bits per heavy atom. The van der Waals surface area contributed by atoms with E-state index in [1.165, 1.54) is 11.1 Å². The van der Waals surface area contributed by atoms with Crippen molar-refractivity contribution in [3.8, 4) is 0 Å². The molecule has 1 unspecified atom stereocenters. The second kappa shape index (κ2) is 8.33. The van der Waals surface area contributed by atoms with E-state index < -0.39 is 0 Å². The van der Waals surface area contributed by atoms with E-state index in [0.29, 0.717) is 11.9 Å². The third kappa shape index (κ3) is 4.28. The molecule has 148 valence electrons. The number of carbonyl (C=O) groups excluding carboxylic acids is 2. The summed E-state index contributed by atoms with van der Waals surface area (Å²) in [6, 6.07) is 0.479. The van der Waals surface area contributed by atoms with Gasteiger partial charge in [-0.05, 0) is 50.3 Å². The molecule has 27 heavy (non-hydrogen) atoms. The lowest BCUT2D eigenvalue weighted by atomic mass is 9.93. The summed E-state index contributed by atoms with van der Waals surface area (Å²) in [6.07, 6.45) is 7.71. The zero-order chi connectivity index (χ0) is 18.6. The highest BCUT2D eigenvalue weighted by Crippen LogP contribution is 2.26. The Labute approximate surface area is 159 Å². The lowest BCUT2D eigenvalue weighted by Crippen LogP contribution is -2.52. The first-order valence-electron chi connectivity index (χ1n) is 10.2. The van der Waals surface area contributed by atoms with Gasteiger partial charge < -0.3 is 9.80 Å². The first kappa shape index (κ1) is 18.3. The molecule has 1 aromatic heterocycles. The molecule has 1 atom stereocenters. The minimum Gasteiger partial charge on any atom is -0.342 e. The molecule has 3 aliphatic heterocycles. The Balaban J connectivity index is 1.26. The Bertz CT molecular complexity index is 636. The average Bonchev–Trinajstić information content (AvgIpc) is 3.42. The van der Waals surface area contributed by atoms with Crippen LogP contribution in [0.4, 0.5) is 0 Å². The van der Waals surface area contributed by atoms with Gasteiger partial charge in [0.15, 0.2) is 6.33 Å². The number of hydrogen-bond donors (Lipinski definition) is 0. The van der Waals surface area contributed by atoms with Gasteiger partial charge in [0.25, 0.3) is 0 Å². The van der Waals surface area contributed by atoms with Crippen molar-refractivity contribution < 1.29 is 9.59 Å². The van der Waals surface area contributed by atoms with Crippen molar-refractivity contribution in [2.75, 3.05) is 39.3 Å². The molecule has 0 radical (unpaired) electrons. The Hall–Kier alpha value is -2.03. The quantitative estimate of drug-likeness (QED) is 0.736. The average molecular weight is 375 g/mol. The number of nitrogens with zero attached hydrogens (tertiary/aromatic N) is 7. The molecule has 3 aliphatic rings. The van der Waals surface area contributed by atoms with Crippen LogP contribution >= 0.6 is 0 Å². The van der Waals surface area contributed by atoms with Gasteiger partial charge in [-0.15, -0.1) is 10.2 Å². The van der Waals surface area contributed by atoms with E-state index in [4.69, 9.17) is 0 Å². The SMILES string of the molecule is O=C(Cn1ncnn1)N1CCC(N2CCCC(C(=O)N3CCCC3)C2)CC1. The highest BCUT2D eigenvalue weighted by atomic mass is 16.2. The van der Waals surface area contributed by atoms with Crippen LogP contribution in [0.25, 0.3) is 0 Å². The van der Waals surface area contributed by atoms with Crippen LogP contribution in [0.15, 0.2) is 6.33 Å². The van der Waals surface area contributed by atoms with Gasteiger partial charge in [-0.1, -0.05) is 0 Å². The molecule has 0 aliphatic carbocycles. The summed E-state index contributed by atoms with van der Waals surface area (Å²) in [5, 5.41) is 11.3. The molecular weight excluding hydrogens is 346 g/mol. The summed E-state index contributed by atoms with van der Waals surface area (Å²) in [5.74, 6) is 0.576. The molecule has 9 nitrogen and oxygen atoms in total. The number of aromatic nitrogens is 4. The maximum atomic E-state index is 12.7. The molecule has 0 spiro atoms. The van der Waals surface area contributed by atoms with Crippen LogP contribution in [0.1, 0.15) is 38.5 Å². The Morgan fingerprint density at radius 3 is 2.41 bits per heavy atom. The zero-order valence-electron chi connectivity index (χ0n) is 15.9. The van der Waals surface area contributed by atoms with Crippen LogP contribution in [0.2, 0.25) is 0 Å². The highest BCUT2D eigenvalue weighted by Gasteiger charge is 2.34. The van der Waals surface area contributed by atoms with E-state index in [9.17, 15) is 9.59 Å². The molecule has 4 heterocycles. The minimum absolute atomic E-state index is 0.0483. The molecular formula is C18H29N7O2. The van der Waals surface area contributed by atoms with E-state index in [2.05, 4.69) is 25.2 Å². The summed E-state index contributed by atoms with van der Waals surface area (Å²) in [7, 11) is 0. The van der Waals surface area contributed by atoms with Gasteiger partial charge in [-0.25, -0.2) is 0 Å². The van der Waals surface area contributed by atoms with Gasteiger partial charge in [-0.3, -0.25) is 14.5 Å². The standard InChI is InChI=1S/C18H29N7O2/c26-17(13-25-20-14-19-21-25)22-10-5-16(6-11-22)24-9-3-4-15(12-24)18(27)23-7-1-2-8-23/h14-16H,1-13H2. The summed E-state index contributed by atoms with van der Waals surface area (Å²) < 4.78 is 0. The van der Waals surface area contributed by atoms with Crippen LogP contribution < -0.4 is 0 Å². The predicted octanol–water partition coefficient (Wildman–Crippen LogP) is -0.00150. The van der Waals surface area contributed by atoms with Crippen LogP contribution in [-0.2, 0) is 16.1 Å². The molecule has 0 N–H and O–H groups in total. The number of amides is 2. The third-order valence-electron chi connectivity index (χ3n) is 6.22. The first-order valence-corrected chi connectivity index (χ1v) is 10.2. The molecule has 2 amide bonds. The van der Waals surface area contributed by atoms with Gasteiger partial charge in [0.1, 0.15) is 6.54 Å². The van der Waals surface area contributed by atoms with Gasteiger partial charge in [0.2, 0.25) is 11.8 Å². The van der Waals surface area contributed by atoms with Gasteiger partial charge in [-0.2, -0.15) is 4.80 Å². The van der Waals surface area contributed by atoms with Crippen molar-refractivity contribution in [3.63, 3.8) is 0 Å². The number of likely N-dealkylation sites (tertiary alicyclic amines) is 3. The number of carbonyl (C=O) groups is 2. The van der Waals surface area contributed by atoms with Crippen LogP contribution in [0.5, 0.6) is 0 Å². The van der Waals surface area contributed by atoms with Crippen molar-refractivity contribution in [1.82, 2.24) is 34.9 Å². The fourth-order valence-corrected chi connectivity index (χ4v) is 4.70. The van der Waals surface area contributed by atoms with E-state index >= 15 is 0 Å². The van der Waals surface area contributed by atoms with Crippen molar-refractivity contribution in [1.29, 1.82) is 0 Å². The molecule has 0 aromatic carbocycles. The van der Waals surface area contributed by atoms with Gasteiger partial charge in [0, 0.05) is 38.8 Å². The lowest BCUT2D eigenvalue weighted by molar-refractivity contribution is -0.137. The van der Waals surface area contributed by atoms with Crippen LogP contribution in [-0.4, -0.2) is 92.0 Å². The largest absolute Gasteiger partial charge is 0.342 e. The van der Waals surface area contributed by atoms with Crippen LogP contribution in [0.3, 0.4) is 0 Å². The number of hydrogen-bond acceptors (Lipinski definition) is 6. The Kier molecular flexibility index (Phi) is 5.66. The predicted molar refractivity (Wildman–Crippen MR) is 97.5 cm³/mol. The van der Waals surface area contributed by atoms with Gasteiger partial charge in [0.05, 0.1) is 5.92 Å². The zero-order valence-corrected chi connectivity index (χ0v) is 15.9. The molecule has 0 saturated carbocycles. The van der Waals surface area contributed by atoms with Crippen molar-refractivity contribution >= 4 is 11.8 Å². The summed E-state index contributed by atoms with van der Waals surface area (Å²) in [6.45, 7) is 5.52. The van der Waals surface area contributed by atoms with E-state index in [1.54, 1.807) is 0 Å². The van der Waals surface area contributed by atoms with E-state index in [-0.39, 0.29) is 18.4 Å². The maximum absolute atomic E-state index is 12.7. The van der Waals surface area contributed by atoms with Crippen LogP contribution in [0, 0.1) is 5.92 Å². The normalized spacial score (nSPS) is 25.1. The molecule has 3 fully saturated rings. The second-order valence-corrected chi connectivity index (χ2v) is 7.94. The van der Waals surface area contributed by atoms with E-state index in [0.717, 1.165) is 77.8 Å². The third-order valence-corrected chi connectivity index (χ3v) is 6.22. The second-order valence-electron chi connectivity index (χ2n) is 7.94. The molecule has 3 saturated heterocycles. The van der Waals surface area contributed by atoms with Gasteiger partial charge >= 0.3 is 0 Å². The molecule has 1 aromatic rings. The molecule has 4 rings (SSSR count). The topological polar surface area (TPSA) is 87.5 Å². The fraction of sp³-hybridized carbons (Fsp3) is 0.833. The number of rotatable bonds is 4. The Morgan fingerprint density at radius 1 is 0.926 bits per heavy atom. The van der Waals surface area contributed by atoms with Crippen molar-refractivity contribution in [3.05, 3.63) is 6.33 Å².